The van der Waals surface area contributed by atoms with E-state index >= 15 is 0 Å². The summed E-state index contributed by atoms with van der Waals surface area (Å²) in [6.45, 7) is 0.933. The van der Waals surface area contributed by atoms with Crippen LogP contribution in [0.4, 0.5) is 0 Å². The fraction of sp³-hybridized carbons (Fsp3) is 0.176. The van der Waals surface area contributed by atoms with Crippen molar-refractivity contribution in [1.29, 1.82) is 0 Å². The Morgan fingerprint density at radius 2 is 1.96 bits per heavy atom. The number of fused-ring (bicyclic) bond motifs is 1. The van der Waals surface area contributed by atoms with Crippen LogP contribution in [0.3, 0.4) is 0 Å². The van der Waals surface area contributed by atoms with Crippen molar-refractivity contribution in [1.82, 2.24) is 20.1 Å². The number of nitrogens with one attached hydrogen (secondary N) is 1. The Bertz CT molecular complexity index is 943. The van der Waals surface area contributed by atoms with Gasteiger partial charge in [-0.1, -0.05) is 18.2 Å². The Balaban J connectivity index is 1.39. The minimum atomic E-state index is -0.334. The van der Waals surface area contributed by atoms with Crippen molar-refractivity contribution in [2.75, 3.05) is 13.1 Å². The van der Waals surface area contributed by atoms with E-state index in [4.69, 9.17) is 4.74 Å². The molecule has 0 atom stereocenters. The molecule has 1 saturated heterocycles. The van der Waals surface area contributed by atoms with E-state index < -0.39 is 0 Å². The molecule has 2 aromatic heterocycles. The van der Waals surface area contributed by atoms with Crippen molar-refractivity contribution in [3.63, 3.8) is 0 Å². The SMILES string of the molecule is O=C(c1ccc(=O)[nH]n1)N1CC(Oc2ccc3ccccc3n2)C1. The van der Waals surface area contributed by atoms with Gasteiger partial charge in [0, 0.05) is 17.5 Å². The van der Waals surface area contributed by atoms with Crippen molar-refractivity contribution in [3.8, 4) is 5.88 Å². The first-order chi connectivity index (χ1) is 11.7. The van der Waals surface area contributed by atoms with E-state index in [-0.39, 0.29) is 23.3 Å². The minimum absolute atomic E-state index is 0.0922. The molecule has 0 radical (unpaired) electrons. The zero-order valence-corrected chi connectivity index (χ0v) is 12.7. The number of amides is 1. The predicted molar refractivity (Wildman–Crippen MR) is 86.9 cm³/mol. The highest BCUT2D eigenvalue weighted by Crippen LogP contribution is 2.20. The summed E-state index contributed by atoms with van der Waals surface area (Å²) in [5, 5.41) is 7.06. The second kappa shape index (κ2) is 5.77. The van der Waals surface area contributed by atoms with Crippen LogP contribution in [-0.2, 0) is 0 Å². The summed E-state index contributed by atoms with van der Waals surface area (Å²) in [6.07, 6.45) is -0.0922. The highest BCUT2D eigenvalue weighted by Gasteiger charge is 2.33. The van der Waals surface area contributed by atoms with Crippen LogP contribution in [0.15, 0.2) is 53.3 Å². The molecule has 1 fully saturated rings. The maximum atomic E-state index is 12.2. The number of aromatic amines is 1. The number of para-hydroxylation sites is 1. The van der Waals surface area contributed by atoms with Crippen LogP contribution in [0.2, 0.25) is 0 Å². The molecule has 3 heterocycles. The molecular formula is C17H14N4O3. The molecule has 1 N–H and O–H groups in total. The Morgan fingerprint density at radius 3 is 2.75 bits per heavy atom. The number of nitrogens with zero attached hydrogens (tertiary/aromatic N) is 3. The van der Waals surface area contributed by atoms with Gasteiger partial charge in [-0.2, -0.15) is 5.10 Å². The number of hydrogen-bond donors (Lipinski definition) is 1. The lowest BCUT2D eigenvalue weighted by Gasteiger charge is -2.38. The fourth-order valence-corrected chi connectivity index (χ4v) is 2.59. The first kappa shape index (κ1) is 14.4. The van der Waals surface area contributed by atoms with Crippen molar-refractivity contribution >= 4 is 16.8 Å². The highest BCUT2D eigenvalue weighted by molar-refractivity contribution is 5.92. The third-order valence-electron chi connectivity index (χ3n) is 3.89. The van der Waals surface area contributed by atoms with Crippen molar-refractivity contribution in [2.45, 2.75) is 6.10 Å². The van der Waals surface area contributed by atoms with Gasteiger partial charge in [-0.15, -0.1) is 0 Å². The zero-order valence-electron chi connectivity index (χ0n) is 12.7. The van der Waals surface area contributed by atoms with Crippen LogP contribution < -0.4 is 10.3 Å². The van der Waals surface area contributed by atoms with Gasteiger partial charge >= 0.3 is 0 Å². The van der Waals surface area contributed by atoms with Crippen LogP contribution >= 0.6 is 0 Å². The van der Waals surface area contributed by atoms with Crippen molar-refractivity contribution in [3.05, 3.63) is 64.6 Å². The van der Waals surface area contributed by atoms with Gasteiger partial charge in [0.05, 0.1) is 18.6 Å². The molecule has 1 amide bonds. The van der Waals surface area contributed by atoms with Gasteiger partial charge in [0.15, 0.2) is 0 Å². The molecule has 0 unspecified atom stereocenters. The quantitative estimate of drug-likeness (QED) is 0.783. The smallest absolute Gasteiger partial charge is 0.274 e. The van der Waals surface area contributed by atoms with E-state index in [9.17, 15) is 9.59 Å². The summed E-state index contributed by atoms with van der Waals surface area (Å²) >= 11 is 0. The third kappa shape index (κ3) is 2.71. The van der Waals surface area contributed by atoms with Crippen LogP contribution in [0, 0.1) is 0 Å². The molecule has 0 saturated carbocycles. The number of pyridine rings is 1. The summed E-state index contributed by atoms with van der Waals surface area (Å²) in [5.41, 5.74) is 0.760. The molecule has 1 aliphatic heterocycles. The molecular weight excluding hydrogens is 308 g/mol. The maximum absolute atomic E-state index is 12.2. The number of likely N-dealkylation sites (tertiary alicyclic amines) is 1. The first-order valence-corrected chi connectivity index (χ1v) is 7.56. The van der Waals surface area contributed by atoms with Gasteiger partial charge in [0.1, 0.15) is 11.8 Å². The van der Waals surface area contributed by atoms with Crippen molar-refractivity contribution in [2.24, 2.45) is 0 Å². The van der Waals surface area contributed by atoms with Crippen molar-refractivity contribution < 1.29 is 9.53 Å². The highest BCUT2D eigenvalue weighted by atomic mass is 16.5. The largest absolute Gasteiger partial charge is 0.471 e. The molecule has 0 spiro atoms. The topological polar surface area (TPSA) is 88.2 Å². The minimum Gasteiger partial charge on any atom is -0.471 e. The van der Waals surface area contributed by atoms with E-state index in [0.29, 0.717) is 19.0 Å². The second-order valence-corrected chi connectivity index (χ2v) is 5.60. The number of aromatic nitrogens is 3. The monoisotopic (exact) mass is 322 g/mol. The fourth-order valence-electron chi connectivity index (χ4n) is 2.59. The Kier molecular flexibility index (Phi) is 3.45. The third-order valence-corrected chi connectivity index (χ3v) is 3.89. The summed E-state index contributed by atoms with van der Waals surface area (Å²) in [5.74, 6) is 0.325. The summed E-state index contributed by atoms with van der Waals surface area (Å²) in [4.78, 5) is 29.2. The van der Waals surface area contributed by atoms with E-state index in [1.165, 1.54) is 12.1 Å². The van der Waals surface area contributed by atoms with E-state index in [0.717, 1.165) is 10.9 Å². The summed E-state index contributed by atoms with van der Waals surface area (Å²) in [7, 11) is 0. The molecule has 1 aromatic carbocycles. The number of benzene rings is 1. The van der Waals surface area contributed by atoms with Crippen LogP contribution in [-0.4, -0.2) is 45.2 Å². The lowest BCUT2D eigenvalue weighted by atomic mass is 10.1. The van der Waals surface area contributed by atoms with Gasteiger partial charge in [0.25, 0.3) is 11.5 Å². The van der Waals surface area contributed by atoms with Crippen LogP contribution in [0.1, 0.15) is 10.5 Å². The Hall–Kier alpha value is -3.22. The molecule has 3 aromatic rings. The normalized spacial score (nSPS) is 14.4. The van der Waals surface area contributed by atoms with Gasteiger partial charge in [-0.25, -0.2) is 10.1 Å². The molecule has 120 valence electrons. The first-order valence-electron chi connectivity index (χ1n) is 7.56. The second-order valence-electron chi connectivity index (χ2n) is 5.60. The number of carbonyl (C=O) groups excluding carboxylic acids is 1. The molecule has 7 nitrogen and oxygen atoms in total. The average molecular weight is 322 g/mol. The molecule has 0 bridgehead atoms. The molecule has 24 heavy (non-hydrogen) atoms. The number of hydrogen-bond acceptors (Lipinski definition) is 5. The number of ether oxygens (including phenoxy) is 1. The number of carbonyl (C=O) groups is 1. The summed E-state index contributed by atoms with van der Waals surface area (Å²) < 4.78 is 5.81. The maximum Gasteiger partial charge on any atom is 0.274 e. The lowest BCUT2D eigenvalue weighted by Crippen LogP contribution is -2.56. The molecule has 1 aliphatic rings. The van der Waals surface area contributed by atoms with Gasteiger partial charge in [-0.3, -0.25) is 9.59 Å². The van der Waals surface area contributed by atoms with Gasteiger partial charge in [0.2, 0.25) is 5.88 Å². The zero-order chi connectivity index (χ0) is 16.5. The standard InChI is InChI=1S/C17H14N4O3/c22-15-7-6-14(19-20-15)17(23)21-9-12(10-21)24-16-8-5-11-3-1-2-4-13(11)18-16/h1-8,12H,9-10H2,(H,20,22). The number of H-pyrrole nitrogens is 1. The molecule has 4 rings (SSSR count). The molecule has 7 heteroatoms. The van der Waals surface area contributed by atoms with E-state index in [1.807, 2.05) is 36.4 Å². The van der Waals surface area contributed by atoms with E-state index in [2.05, 4.69) is 15.2 Å². The van der Waals surface area contributed by atoms with Crippen LogP contribution in [0.25, 0.3) is 10.9 Å². The Labute approximate surface area is 136 Å². The molecule has 0 aliphatic carbocycles. The predicted octanol–water partition coefficient (Wildman–Crippen LogP) is 1.22. The number of rotatable bonds is 3. The van der Waals surface area contributed by atoms with Gasteiger partial charge < -0.3 is 9.64 Å². The van der Waals surface area contributed by atoms with Crippen LogP contribution in [0.5, 0.6) is 5.88 Å². The average Bonchev–Trinajstić information content (AvgIpc) is 2.58. The lowest BCUT2D eigenvalue weighted by molar-refractivity contribution is 0.0156. The Morgan fingerprint density at radius 1 is 1.12 bits per heavy atom. The van der Waals surface area contributed by atoms with E-state index in [1.54, 1.807) is 4.90 Å². The summed E-state index contributed by atoms with van der Waals surface area (Å²) in [6, 6.07) is 14.3. The van der Waals surface area contributed by atoms with Gasteiger partial charge in [-0.05, 0) is 18.2 Å².